The van der Waals surface area contributed by atoms with Crippen molar-refractivity contribution in [1.82, 2.24) is 20.2 Å². The molecule has 3 aliphatic rings. The van der Waals surface area contributed by atoms with Crippen molar-refractivity contribution in [2.75, 3.05) is 5.32 Å². The number of nitrogens with one attached hydrogen (secondary N) is 2. The number of aryl methyl sites for hydroxylation is 1. The van der Waals surface area contributed by atoms with Crippen LogP contribution in [-0.2, 0) is 22.6 Å². The maximum atomic E-state index is 13.1. The van der Waals surface area contributed by atoms with Crippen molar-refractivity contribution < 1.29 is 19.2 Å². The minimum absolute atomic E-state index is 0.0386. The van der Waals surface area contributed by atoms with Gasteiger partial charge >= 0.3 is 0 Å². The summed E-state index contributed by atoms with van der Waals surface area (Å²) in [5.74, 6) is -1.68. The maximum Gasteiger partial charge on any atom is 0.262 e. The summed E-state index contributed by atoms with van der Waals surface area (Å²) in [6.45, 7) is 0.232. The van der Waals surface area contributed by atoms with Crippen LogP contribution in [0.15, 0.2) is 24.4 Å². The van der Waals surface area contributed by atoms with Crippen LogP contribution in [0.25, 0.3) is 0 Å². The van der Waals surface area contributed by atoms with Crippen LogP contribution in [0, 0.1) is 0 Å². The van der Waals surface area contributed by atoms with Gasteiger partial charge in [-0.15, -0.1) is 0 Å². The van der Waals surface area contributed by atoms with Gasteiger partial charge in [0.15, 0.2) is 0 Å². The number of nitrogens with zero attached hydrogens (tertiary/aromatic N) is 3. The average Bonchev–Trinajstić information content (AvgIpc) is 3.24. The third kappa shape index (κ3) is 3.15. The lowest BCUT2D eigenvalue weighted by molar-refractivity contribution is -0.136. The zero-order valence-electron chi connectivity index (χ0n) is 16.6. The Morgan fingerprint density at radius 1 is 1.13 bits per heavy atom. The van der Waals surface area contributed by atoms with Gasteiger partial charge in [0.05, 0.1) is 16.8 Å². The Labute approximate surface area is 177 Å². The number of carbonyl (C=O) groups is 4. The first kappa shape index (κ1) is 19.3. The van der Waals surface area contributed by atoms with Crippen LogP contribution in [0.4, 0.5) is 5.95 Å². The molecule has 4 N–H and O–H groups in total. The molecular formula is C21H20N6O4. The molecule has 1 aromatic heterocycles. The van der Waals surface area contributed by atoms with Crippen molar-refractivity contribution in [3.05, 3.63) is 52.3 Å². The molecule has 1 saturated heterocycles. The number of hydrogen-bond acceptors (Lipinski definition) is 8. The molecule has 2 aliphatic heterocycles. The van der Waals surface area contributed by atoms with Gasteiger partial charge in [0.2, 0.25) is 17.8 Å². The summed E-state index contributed by atoms with van der Waals surface area (Å²) in [6, 6.07) is 3.97. The summed E-state index contributed by atoms with van der Waals surface area (Å²) in [5, 5.41) is 5.31. The van der Waals surface area contributed by atoms with Crippen LogP contribution in [-0.4, -0.2) is 44.5 Å². The SMILES string of the molecule is NC1CCc2nc(NCc3cccc4c3C(=O)N(C3CCC(=O)NC3=O)C4=O)ncc21. The molecule has 10 heteroatoms. The first-order chi connectivity index (χ1) is 14.9. The lowest BCUT2D eigenvalue weighted by atomic mass is 10.0. The van der Waals surface area contributed by atoms with E-state index in [0.29, 0.717) is 11.5 Å². The molecule has 4 amide bonds. The number of nitrogens with two attached hydrogens (primary N) is 1. The van der Waals surface area contributed by atoms with E-state index >= 15 is 0 Å². The van der Waals surface area contributed by atoms with E-state index in [4.69, 9.17) is 5.73 Å². The quantitative estimate of drug-likeness (QED) is 0.604. The highest BCUT2D eigenvalue weighted by atomic mass is 16.2. The monoisotopic (exact) mass is 420 g/mol. The normalized spacial score (nSPS) is 22.4. The molecule has 1 aromatic carbocycles. The standard InChI is InChI=1S/C21H20N6O4/c22-13-4-5-14-12(13)9-24-21(25-14)23-8-10-2-1-3-11-17(10)20(31)27(19(11)30)15-6-7-16(28)26-18(15)29/h1-3,9,13,15H,4-8,22H2,(H,23,24,25)(H,26,28,29). The first-order valence-electron chi connectivity index (χ1n) is 10.1. The fourth-order valence-electron chi connectivity index (χ4n) is 4.38. The van der Waals surface area contributed by atoms with Gasteiger partial charge in [-0.3, -0.25) is 29.4 Å². The molecule has 1 fully saturated rings. The number of carbonyl (C=O) groups excluding carboxylic acids is 4. The Balaban J connectivity index is 1.38. The van der Waals surface area contributed by atoms with Crippen molar-refractivity contribution in [3.63, 3.8) is 0 Å². The van der Waals surface area contributed by atoms with Crippen molar-refractivity contribution >= 4 is 29.6 Å². The fraction of sp³-hybridized carbons (Fsp3) is 0.333. The van der Waals surface area contributed by atoms with Gasteiger partial charge in [0, 0.05) is 30.8 Å². The average molecular weight is 420 g/mol. The lowest BCUT2D eigenvalue weighted by Gasteiger charge is -2.27. The van der Waals surface area contributed by atoms with Crippen LogP contribution < -0.4 is 16.4 Å². The molecule has 10 nitrogen and oxygen atoms in total. The Morgan fingerprint density at radius 3 is 2.77 bits per heavy atom. The highest BCUT2D eigenvalue weighted by Gasteiger charge is 2.45. The van der Waals surface area contributed by atoms with Crippen LogP contribution in [0.3, 0.4) is 0 Å². The second-order valence-corrected chi connectivity index (χ2v) is 7.88. The summed E-state index contributed by atoms with van der Waals surface area (Å²) in [4.78, 5) is 59.4. The van der Waals surface area contributed by atoms with Crippen LogP contribution in [0.5, 0.6) is 0 Å². The predicted molar refractivity (Wildman–Crippen MR) is 108 cm³/mol. The molecule has 5 rings (SSSR count). The third-order valence-electron chi connectivity index (χ3n) is 5.98. The highest BCUT2D eigenvalue weighted by molar-refractivity contribution is 6.24. The van der Waals surface area contributed by atoms with E-state index in [9.17, 15) is 19.2 Å². The fourth-order valence-corrected chi connectivity index (χ4v) is 4.38. The number of anilines is 1. The van der Waals surface area contributed by atoms with Gasteiger partial charge in [0.1, 0.15) is 6.04 Å². The third-order valence-corrected chi connectivity index (χ3v) is 5.98. The van der Waals surface area contributed by atoms with Crippen molar-refractivity contribution in [1.29, 1.82) is 0 Å². The first-order valence-corrected chi connectivity index (χ1v) is 10.1. The molecule has 0 bridgehead atoms. The summed E-state index contributed by atoms with van der Waals surface area (Å²) < 4.78 is 0. The number of benzene rings is 1. The topological polar surface area (TPSA) is 147 Å². The summed E-state index contributed by atoms with van der Waals surface area (Å²) in [5.41, 5.74) is 8.99. The Hall–Kier alpha value is -3.66. The highest BCUT2D eigenvalue weighted by Crippen LogP contribution is 2.31. The smallest absolute Gasteiger partial charge is 0.262 e. The maximum absolute atomic E-state index is 13.1. The van der Waals surface area contributed by atoms with Crippen LogP contribution in [0.1, 0.15) is 62.8 Å². The molecule has 2 aromatic rings. The molecule has 1 aliphatic carbocycles. The number of imide groups is 2. The van der Waals surface area contributed by atoms with Gasteiger partial charge < -0.3 is 11.1 Å². The van der Waals surface area contributed by atoms with Crippen LogP contribution >= 0.6 is 0 Å². The van der Waals surface area contributed by atoms with E-state index < -0.39 is 29.7 Å². The minimum atomic E-state index is -0.991. The predicted octanol–water partition coefficient (Wildman–Crippen LogP) is 0.436. The van der Waals surface area contributed by atoms with Crippen molar-refractivity contribution in [2.45, 2.75) is 44.3 Å². The van der Waals surface area contributed by atoms with E-state index in [1.165, 1.54) is 0 Å². The number of amides is 4. The second kappa shape index (κ2) is 7.24. The zero-order valence-corrected chi connectivity index (χ0v) is 16.6. The number of fused-ring (bicyclic) bond motifs is 2. The van der Waals surface area contributed by atoms with Gasteiger partial charge in [0.25, 0.3) is 11.8 Å². The zero-order chi connectivity index (χ0) is 21.7. The van der Waals surface area contributed by atoms with E-state index in [1.807, 2.05) is 0 Å². The molecule has 0 spiro atoms. The Morgan fingerprint density at radius 2 is 1.97 bits per heavy atom. The second-order valence-electron chi connectivity index (χ2n) is 7.88. The van der Waals surface area contributed by atoms with E-state index in [1.54, 1.807) is 24.4 Å². The summed E-state index contributed by atoms with van der Waals surface area (Å²) in [6.07, 6.45) is 3.55. The van der Waals surface area contributed by atoms with E-state index in [0.717, 1.165) is 29.0 Å². The minimum Gasteiger partial charge on any atom is -0.350 e. The molecule has 3 heterocycles. The molecule has 2 atom stereocenters. The van der Waals surface area contributed by atoms with E-state index in [2.05, 4.69) is 20.6 Å². The Bertz CT molecular complexity index is 1150. The van der Waals surface area contributed by atoms with E-state index in [-0.39, 0.29) is 36.6 Å². The van der Waals surface area contributed by atoms with Gasteiger partial charge in [-0.2, -0.15) is 0 Å². The van der Waals surface area contributed by atoms with Crippen molar-refractivity contribution in [3.8, 4) is 0 Å². The Kier molecular flexibility index (Phi) is 4.51. The van der Waals surface area contributed by atoms with Gasteiger partial charge in [-0.25, -0.2) is 9.97 Å². The molecule has 2 unspecified atom stereocenters. The molecule has 0 radical (unpaired) electrons. The van der Waals surface area contributed by atoms with Gasteiger partial charge in [-0.05, 0) is 30.9 Å². The number of hydrogen-bond donors (Lipinski definition) is 3. The molecule has 158 valence electrons. The van der Waals surface area contributed by atoms with Crippen molar-refractivity contribution in [2.24, 2.45) is 5.73 Å². The molecular weight excluding hydrogens is 400 g/mol. The molecule has 0 saturated carbocycles. The summed E-state index contributed by atoms with van der Waals surface area (Å²) in [7, 11) is 0. The van der Waals surface area contributed by atoms with Crippen LogP contribution in [0.2, 0.25) is 0 Å². The number of aromatic nitrogens is 2. The lowest BCUT2D eigenvalue weighted by Crippen LogP contribution is -2.54. The largest absolute Gasteiger partial charge is 0.350 e. The summed E-state index contributed by atoms with van der Waals surface area (Å²) >= 11 is 0. The number of piperidine rings is 1. The molecule has 31 heavy (non-hydrogen) atoms. The number of rotatable bonds is 4. The van der Waals surface area contributed by atoms with Gasteiger partial charge in [-0.1, -0.05) is 12.1 Å².